The number of carbonyl (C=O) groups is 2. The highest BCUT2D eigenvalue weighted by Crippen LogP contribution is 2.23. The van der Waals surface area contributed by atoms with Crippen LogP contribution in [0.2, 0.25) is 0 Å². The van der Waals surface area contributed by atoms with Crippen LogP contribution in [0.25, 0.3) is 0 Å². The van der Waals surface area contributed by atoms with Gasteiger partial charge >= 0.3 is 12.0 Å². The Balaban J connectivity index is 2.69. The molecular weight excluding hydrogens is 256 g/mol. The molecule has 1 atom stereocenters. The summed E-state index contributed by atoms with van der Waals surface area (Å²) < 4.78 is 4.96. The molecule has 18 heavy (non-hydrogen) atoms. The molecule has 1 aromatic rings. The third-order valence-electron chi connectivity index (χ3n) is 2.51. The number of anilines is 1. The van der Waals surface area contributed by atoms with Gasteiger partial charge < -0.3 is 14.7 Å². The Labute approximate surface area is 109 Å². The van der Waals surface area contributed by atoms with E-state index in [4.69, 9.17) is 9.84 Å². The molecule has 0 aliphatic carbocycles. The number of hydrogen-bond acceptors (Lipinski definition) is 4. The van der Waals surface area contributed by atoms with Gasteiger partial charge in [-0.05, 0) is 18.4 Å². The lowest BCUT2D eigenvalue weighted by molar-refractivity contribution is 0.0698. The maximum atomic E-state index is 11.9. The van der Waals surface area contributed by atoms with Gasteiger partial charge in [0.15, 0.2) is 0 Å². The number of urea groups is 1. The molecule has 0 spiro atoms. The average Bonchev–Trinajstić information content (AvgIpc) is 2.76. The molecule has 7 heteroatoms. The predicted octanol–water partition coefficient (Wildman–Crippen LogP) is 1.94. The fourth-order valence-electron chi connectivity index (χ4n) is 1.31. The van der Waals surface area contributed by atoms with Crippen LogP contribution in [-0.4, -0.2) is 48.8 Å². The van der Waals surface area contributed by atoms with Crippen molar-refractivity contribution in [2.75, 3.05) is 26.1 Å². The number of thiophene rings is 1. The van der Waals surface area contributed by atoms with Gasteiger partial charge in [-0.25, -0.2) is 9.59 Å². The summed E-state index contributed by atoms with van der Waals surface area (Å²) >= 11 is 1.18. The number of rotatable bonds is 5. The van der Waals surface area contributed by atoms with E-state index in [1.54, 1.807) is 19.5 Å². The zero-order valence-electron chi connectivity index (χ0n) is 10.5. The standard InChI is InChI=1S/C11H16N2O4S/c1-7(6-17-3)13(2)11(16)12-9-8(10(14)15)4-5-18-9/h4-5,7H,6H2,1-3H3,(H,12,16)(H,14,15). The largest absolute Gasteiger partial charge is 0.478 e. The molecule has 0 aliphatic rings. The molecule has 1 heterocycles. The van der Waals surface area contributed by atoms with E-state index in [2.05, 4.69) is 5.32 Å². The van der Waals surface area contributed by atoms with E-state index in [0.29, 0.717) is 11.6 Å². The SMILES string of the molecule is COCC(C)N(C)C(=O)Nc1sccc1C(=O)O. The van der Waals surface area contributed by atoms with Crippen molar-refractivity contribution < 1.29 is 19.4 Å². The van der Waals surface area contributed by atoms with Crippen molar-refractivity contribution in [3.8, 4) is 0 Å². The highest BCUT2D eigenvalue weighted by molar-refractivity contribution is 7.14. The molecule has 0 saturated carbocycles. The number of carboxylic acid groups (broad SMARTS) is 1. The Hall–Kier alpha value is -1.60. The minimum absolute atomic E-state index is 0.0942. The Kier molecular flexibility index (Phi) is 5.11. The third-order valence-corrected chi connectivity index (χ3v) is 3.34. The summed E-state index contributed by atoms with van der Waals surface area (Å²) in [6.07, 6.45) is 0. The molecule has 100 valence electrons. The monoisotopic (exact) mass is 272 g/mol. The highest BCUT2D eigenvalue weighted by atomic mass is 32.1. The van der Waals surface area contributed by atoms with Crippen LogP contribution < -0.4 is 5.32 Å². The second-order valence-electron chi connectivity index (χ2n) is 3.81. The van der Waals surface area contributed by atoms with E-state index in [0.717, 1.165) is 0 Å². The number of carbonyl (C=O) groups excluding carboxylic acids is 1. The van der Waals surface area contributed by atoms with Crippen molar-refractivity contribution in [2.45, 2.75) is 13.0 Å². The first-order valence-electron chi connectivity index (χ1n) is 5.31. The summed E-state index contributed by atoms with van der Waals surface area (Å²) in [6.45, 7) is 2.26. The lowest BCUT2D eigenvalue weighted by Gasteiger charge is -2.24. The van der Waals surface area contributed by atoms with Gasteiger partial charge in [0.1, 0.15) is 5.00 Å². The maximum absolute atomic E-state index is 11.9. The maximum Gasteiger partial charge on any atom is 0.338 e. The Morgan fingerprint density at radius 2 is 2.28 bits per heavy atom. The number of amides is 2. The van der Waals surface area contributed by atoms with Crippen molar-refractivity contribution in [2.24, 2.45) is 0 Å². The molecule has 1 unspecified atom stereocenters. The van der Waals surface area contributed by atoms with Crippen molar-refractivity contribution >= 4 is 28.3 Å². The average molecular weight is 272 g/mol. The molecule has 0 radical (unpaired) electrons. The fraction of sp³-hybridized carbons (Fsp3) is 0.455. The van der Waals surface area contributed by atoms with Crippen LogP contribution in [-0.2, 0) is 4.74 Å². The Bertz CT molecular complexity index is 432. The topological polar surface area (TPSA) is 78.9 Å². The van der Waals surface area contributed by atoms with E-state index < -0.39 is 5.97 Å². The smallest absolute Gasteiger partial charge is 0.338 e. The molecular formula is C11H16N2O4S. The first kappa shape index (κ1) is 14.5. The van der Waals surface area contributed by atoms with Crippen LogP contribution in [0.15, 0.2) is 11.4 Å². The van der Waals surface area contributed by atoms with E-state index in [1.165, 1.54) is 22.3 Å². The number of aromatic carboxylic acids is 1. The van der Waals surface area contributed by atoms with Gasteiger partial charge in [-0.3, -0.25) is 5.32 Å². The van der Waals surface area contributed by atoms with Gasteiger partial charge in [-0.1, -0.05) is 0 Å². The van der Waals surface area contributed by atoms with Gasteiger partial charge in [-0.2, -0.15) is 0 Å². The number of nitrogens with zero attached hydrogens (tertiary/aromatic N) is 1. The number of hydrogen-bond donors (Lipinski definition) is 2. The summed E-state index contributed by atoms with van der Waals surface area (Å²) in [6, 6.07) is 1.01. The highest BCUT2D eigenvalue weighted by Gasteiger charge is 2.19. The number of methoxy groups -OCH3 is 1. The van der Waals surface area contributed by atoms with E-state index in [1.807, 2.05) is 6.92 Å². The van der Waals surface area contributed by atoms with Gasteiger partial charge in [0.05, 0.1) is 18.2 Å². The molecule has 2 amide bonds. The van der Waals surface area contributed by atoms with Gasteiger partial charge in [-0.15, -0.1) is 11.3 Å². The number of likely N-dealkylation sites (N-methyl/N-ethyl adjacent to an activating group) is 1. The van der Waals surface area contributed by atoms with Gasteiger partial charge in [0, 0.05) is 14.2 Å². The molecule has 1 rings (SSSR count). The number of ether oxygens (including phenoxy) is 1. The van der Waals surface area contributed by atoms with Gasteiger partial charge in [0.2, 0.25) is 0 Å². The third kappa shape index (κ3) is 3.44. The number of nitrogens with one attached hydrogen (secondary N) is 1. The molecule has 6 nitrogen and oxygen atoms in total. The van der Waals surface area contributed by atoms with Crippen LogP contribution in [0.3, 0.4) is 0 Å². The fourth-order valence-corrected chi connectivity index (χ4v) is 2.08. The van der Waals surface area contributed by atoms with Crippen molar-refractivity contribution in [3.63, 3.8) is 0 Å². The normalized spacial score (nSPS) is 11.9. The molecule has 0 saturated heterocycles. The van der Waals surface area contributed by atoms with Crippen LogP contribution in [0.1, 0.15) is 17.3 Å². The predicted molar refractivity (Wildman–Crippen MR) is 69.4 cm³/mol. The first-order chi connectivity index (χ1) is 8.47. The van der Waals surface area contributed by atoms with Crippen LogP contribution in [0.4, 0.5) is 9.80 Å². The zero-order chi connectivity index (χ0) is 13.7. The second kappa shape index (κ2) is 6.36. The van der Waals surface area contributed by atoms with E-state index >= 15 is 0 Å². The zero-order valence-corrected chi connectivity index (χ0v) is 11.3. The Morgan fingerprint density at radius 3 is 2.83 bits per heavy atom. The molecule has 1 aromatic heterocycles. The lowest BCUT2D eigenvalue weighted by Crippen LogP contribution is -2.40. The minimum Gasteiger partial charge on any atom is -0.478 e. The summed E-state index contributed by atoms with van der Waals surface area (Å²) in [5, 5.41) is 13.5. The summed E-state index contributed by atoms with van der Waals surface area (Å²) in [7, 11) is 3.19. The van der Waals surface area contributed by atoms with Crippen LogP contribution in [0.5, 0.6) is 0 Å². The molecule has 0 aliphatic heterocycles. The quantitative estimate of drug-likeness (QED) is 0.858. The number of carboxylic acids is 1. The Morgan fingerprint density at radius 1 is 1.61 bits per heavy atom. The summed E-state index contributed by atoms with van der Waals surface area (Å²) in [5.74, 6) is -1.06. The summed E-state index contributed by atoms with van der Waals surface area (Å²) in [4.78, 5) is 24.2. The summed E-state index contributed by atoms with van der Waals surface area (Å²) in [5.41, 5.74) is 0.0983. The molecule has 0 bridgehead atoms. The van der Waals surface area contributed by atoms with Gasteiger partial charge in [0.25, 0.3) is 0 Å². The molecule has 0 fully saturated rings. The van der Waals surface area contributed by atoms with Crippen molar-refractivity contribution in [1.29, 1.82) is 0 Å². The first-order valence-corrected chi connectivity index (χ1v) is 6.18. The van der Waals surface area contributed by atoms with Crippen LogP contribution in [0, 0.1) is 0 Å². The molecule has 2 N–H and O–H groups in total. The molecule has 0 aromatic carbocycles. The second-order valence-corrected chi connectivity index (χ2v) is 4.73. The van der Waals surface area contributed by atoms with Crippen LogP contribution >= 0.6 is 11.3 Å². The van der Waals surface area contributed by atoms with E-state index in [9.17, 15) is 9.59 Å². The minimum atomic E-state index is -1.06. The van der Waals surface area contributed by atoms with Crippen molar-refractivity contribution in [3.05, 3.63) is 17.0 Å². The van der Waals surface area contributed by atoms with Crippen molar-refractivity contribution in [1.82, 2.24) is 4.90 Å². The van der Waals surface area contributed by atoms with E-state index in [-0.39, 0.29) is 17.6 Å². The lowest BCUT2D eigenvalue weighted by atomic mass is 10.3.